The summed E-state index contributed by atoms with van der Waals surface area (Å²) in [6, 6.07) is 0.263. The van der Waals surface area contributed by atoms with Crippen molar-refractivity contribution < 1.29 is 4.79 Å². The molecule has 1 atom stereocenters. The molecule has 0 fully saturated rings. The van der Waals surface area contributed by atoms with Crippen molar-refractivity contribution in [2.45, 2.75) is 59.4 Å². The van der Waals surface area contributed by atoms with Crippen LogP contribution >= 0.6 is 11.8 Å². The van der Waals surface area contributed by atoms with Crippen LogP contribution in [0.1, 0.15) is 53.4 Å². The van der Waals surface area contributed by atoms with E-state index in [-0.39, 0.29) is 11.9 Å². The van der Waals surface area contributed by atoms with Crippen LogP contribution in [-0.4, -0.2) is 36.0 Å². The van der Waals surface area contributed by atoms with Gasteiger partial charge in [0.1, 0.15) is 0 Å². The minimum Gasteiger partial charge on any atom is -0.364 e. The Kier molecular flexibility index (Phi) is 7.41. The number of thioether (sulfide) groups is 1. The van der Waals surface area contributed by atoms with Crippen molar-refractivity contribution in [2.75, 3.05) is 18.8 Å². The Balaban J connectivity index is 2.27. The van der Waals surface area contributed by atoms with Crippen LogP contribution in [0.15, 0.2) is 4.99 Å². The number of nitrogens with one attached hydrogen (secondary N) is 2. The van der Waals surface area contributed by atoms with Crippen molar-refractivity contribution in [1.82, 2.24) is 10.6 Å². The molecule has 1 aliphatic heterocycles. The fourth-order valence-electron chi connectivity index (χ4n) is 2.07. The van der Waals surface area contributed by atoms with E-state index in [1.54, 1.807) is 11.8 Å². The molecule has 0 aromatic rings. The number of nitrogens with zero attached hydrogens (tertiary/aromatic N) is 1. The van der Waals surface area contributed by atoms with Crippen molar-refractivity contribution in [3.63, 3.8) is 0 Å². The Bertz CT molecular complexity index is 340. The topological polar surface area (TPSA) is 53.5 Å². The normalized spacial score (nSPS) is 19.1. The molecule has 0 spiro atoms. The van der Waals surface area contributed by atoms with Gasteiger partial charge in [0, 0.05) is 31.3 Å². The van der Waals surface area contributed by atoms with E-state index in [1.165, 1.54) is 12.8 Å². The average molecular weight is 299 g/mol. The summed E-state index contributed by atoms with van der Waals surface area (Å²) in [5.41, 5.74) is 0.379. The highest BCUT2D eigenvalue weighted by Crippen LogP contribution is 2.34. The second kappa shape index (κ2) is 8.55. The number of amidine groups is 1. The van der Waals surface area contributed by atoms with Gasteiger partial charge in [-0.25, -0.2) is 0 Å². The van der Waals surface area contributed by atoms with E-state index >= 15 is 0 Å². The molecule has 0 saturated heterocycles. The zero-order chi connectivity index (χ0) is 15.0. The Morgan fingerprint density at radius 1 is 1.40 bits per heavy atom. The maximum absolute atomic E-state index is 11.7. The maximum Gasteiger partial charge on any atom is 0.221 e. The maximum atomic E-state index is 11.7. The summed E-state index contributed by atoms with van der Waals surface area (Å²) < 4.78 is 0. The first-order valence-corrected chi connectivity index (χ1v) is 8.74. The molecule has 1 heterocycles. The Morgan fingerprint density at radius 3 is 2.60 bits per heavy atom. The molecule has 0 saturated carbocycles. The first-order chi connectivity index (χ1) is 9.55. The van der Waals surface area contributed by atoms with Gasteiger partial charge in [0.15, 0.2) is 5.17 Å². The second-order valence-electron chi connectivity index (χ2n) is 5.67. The molecule has 1 rings (SSSR count). The SMILES string of the molecule is CCC(C)NC(=O)CCNC1=NCC(CC)(CC)CS1. The molecule has 4 nitrogen and oxygen atoms in total. The molecule has 2 N–H and O–H groups in total. The average Bonchev–Trinajstić information content (AvgIpc) is 2.48. The van der Waals surface area contributed by atoms with Gasteiger partial charge in [0.2, 0.25) is 5.91 Å². The van der Waals surface area contributed by atoms with Crippen LogP contribution in [-0.2, 0) is 4.79 Å². The van der Waals surface area contributed by atoms with Crippen LogP contribution < -0.4 is 10.6 Å². The number of hydrogen-bond acceptors (Lipinski definition) is 4. The Labute approximate surface area is 127 Å². The van der Waals surface area contributed by atoms with Crippen molar-refractivity contribution >= 4 is 22.8 Å². The fraction of sp³-hybridized carbons (Fsp3) is 0.867. The smallest absolute Gasteiger partial charge is 0.221 e. The van der Waals surface area contributed by atoms with Crippen molar-refractivity contribution in [3.8, 4) is 0 Å². The number of aliphatic imine (C=N–C) groups is 1. The number of rotatable bonds is 7. The molecule has 0 bridgehead atoms. The predicted molar refractivity (Wildman–Crippen MR) is 88.3 cm³/mol. The summed E-state index contributed by atoms with van der Waals surface area (Å²) in [5.74, 6) is 1.25. The van der Waals surface area contributed by atoms with Gasteiger partial charge >= 0.3 is 0 Å². The lowest BCUT2D eigenvalue weighted by atomic mass is 9.84. The summed E-state index contributed by atoms with van der Waals surface area (Å²) in [6.45, 7) is 10.2. The molecule has 1 unspecified atom stereocenters. The summed E-state index contributed by atoms with van der Waals surface area (Å²) in [4.78, 5) is 16.3. The molecule has 20 heavy (non-hydrogen) atoms. The van der Waals surface area contributed by atoms with E-state index in [4.69, 9.17) is 0 Å². The van der Waals surface area contributed by atoms with Gasteiger partial charge in [-0.15, -0.1) is 0 Å². The van der Waals surface area contributed by atoms with E-state index in [1.807, 2.05) is 6.92 Å². The molecule has 0 aromatic carbocycles. The van der Waals surface area contributed by atoms with Gasteiger partial charge in [-0.05, 0) is 31.6 Å². The lowest BCUT2D eigenvalue weighted by Gasteiger charge is -2.33. The molecular weight excluding hydrogens is 270 g/mol. The quantitative estimate of drug-likeness (QED) is 0.760. The van der Waals surface area contributed by atoms with Gasteiger partial charge in [-0.2, -0.15) is 0 Å². The van der Waals surface area contributed by atoms with Gasteiger partial charge < -0.3 is 10.6 Å². The molecule has 0 aliphatic carbocycles. The van der Waals surface area contributed by atoms with Crippen molar-refractivity contribution in [2.24, 2.45) is 10.4 Å². The second-order valence-corrected chi connectivity index (χ2v) is 6.63. The summed E-state index contributed by atoms with van der Waals surface area (Å²) in [6.07, 6.45) is 3.85. The number of hydrogen-bond donors (Lipinski definition) is 2. The van der Waals surface area contributed by atoms with Gasteiger partial charge in [-0.1, -0.05) is 32.5 Å². The lowest BCUT2D eigenvalue weighted by Crippen LogP contribution is -2.37. The summed E-state index contributed by atoms with van der Waals surface area (Å²) in [5, 5.41) is 7.25. The van der Waals surface area contributed by atoms with Gasteiger partial charge in [0.25, 0.3) is 0 Å². The molecular formula is C15H29N3OS. The van der Waals surface area contributed by atoms with E-state index in [0.717, 1.165) is 23.9 Å². The summed E-state index contributed by atoms with van der Waals surface area (Å²) >= 11 is 1.80. The number of amides is 1. The third-order valence-electron chi connectivity index (χ3n) is 4.22. The zero-order valence-corrected chi connectivity index (χ0v) is 14.1. The van der Waals surface area contributed by atoms with E-state index in [9.17, 15) is 4.79 Å². The minimum atomic E-state index is 0.115. The highest BCUT2D eigenvalue weighted by molar-refractivity contribution is 8.13. The summed E-state index contributed by atoms with van der Waals surface area (Å²) in [7, 11) is 0. The molecule has 1 amide bonds. The highest BCUT2D eigenvalue weighted by atomic mass is 32.2. The van der Waals surface area contributed by atoms with E-state index < -0.39 is 0 Å². The van der Waals surface area contributed by atoms with Crippen LogP contribution in [0.5, 0.6) is 0 Å². The zero-order valence-electron chi connectivity index (χ0n) is 13.3. The van der Waals surface area contributed by atoms with Gasteiger partial charge in [-0.3, -0.25) is 9.79 Å². The van der Waals surface area contributed by atoms with E-state index in [2.05, 4.69) is 36.4 Å². The van der Waals surface area contributed by atoms with Crippen LogP contribution in [0.3, 0.4) is 0 Å². The molecule has 0 aromatic heterocycles. The van der Waals surface area contributed by atoms with Crippen LogP contribution in [0.2, 0.25) is 0 Å². The molecule has 116 valence electrons. The molecule has 0 radical (unpaired) electrons. The Morgan fingerprint density at radius 2 is 2.10 bits per heavy atom. The third-order valence-corrected chi connectivity index (χ3v) is 5.52. The lowest BCUT2D eigenvalue weighted by molar-refractivity contribution is -0.121. The third kappa shape index (κ3) is 5.35. The van der Waals surface area contributed by atoms with Gasteiger partial charge in [0.05, 0.1) is 0 Å². The Hall–Kier alpha value is -0.710. The van der Waals surface area contributed by atoms with Crippen LogP contribution in [0.4, 0.5) is 0 Å². The first-order valence-electron chi connectivity index (χ1n) is 7.75. The molecule has 5 heteroatoms. The van der Waals surface area contributed by atoms with Crippen molar-refractivity contribution in [1.29, 1.82) is 0 Å². The predicted octanol–water partition coefficient (Wildman–Crippen LogP) is 2.79. The monoisotopic (exact) mass is 299 g/mol. The first kappa shape index (κ1) is 17.3. The molecule has 1 aliphatic rings. The van der Waals surface area contributed by atoms with Crippen molar-refractivity contribution in [3.05, 3.63) is 0 Å². The number of carbonyl (C=O) groups excluding carboxylic acids is 1. The van der Waals surface area contributed by atoms with E-state index in [0.29, 0.717) is 18.4 Å². The van der Waals surface area contributed by atoms with Crippen LogP contribution in [0.25, 0.3) is 0 Å². The van der Waals surface area contributed by atoms with Crippen LogP contribution in [0, 0.1) is 5.41 Å². The standard InChI is InChI=1S/C15H29N3OS/c1-5-12(4)18-13(19)8-9-16-14-17-10-15(6-2,7-3)11-20-14/h12H,5-11H2,1-4H3,(H,16,17)(H,18,19). The number of carbonyl (C=O) groups is 1. The highest BCUT2D eigenvalue weighted by Gasteiger charge is 2.29. The minimum absolute atomic E-state index is 0.115. The fourth-order valence-corrected chi connectivity index (χ4v) is 3.37. The largest absolute Gasteiger partial charge is 0.364 e.